The molecule has 0 aliphatic carbocycles. The van der Waals surface area contributed by atoms with Gasteiger partial charge in [0.05, 0.1) is 11.0 Å². The minimum absolute atomic E-state index is 0.000408. The standard InChI is InChI=1S/C15H22N4O/c1-12-11-16-7-10-18(12)8-4-9-19-14-6-3-2-5-13(14)17-15(19)20/h2-3,5-6,12,16H,4,7-11H2,1H3,(H,17,20). The number of rotatable bonds is 4. The van der Waals surface area contributed by atoms with E-state index >= 15 is 0 Å². The van der Waals surface area contributed by atoms with Crippen LogP contribution >= 0.6 is 0 Å². The first kappa shape index (κ1) is 13.4. The number of aryl methyl sites for hydroxylation is 1. The fraction of sp³-hybridized carbons (Fsp3) is 0.533. The van der Waals surface area contributed by atoms with E-state index in [9.17, 15) is 4.79 Å². The Hall–Kier alpha value is -1.59. The number of hydrogen-bond donors (Lipinski definition) is 2. The van der Waals surface area contributed by atoms with E-state index in [1.165, 1.54) is 0 Å². The largest absolute Gasteiger partial charge is 0.326 e. The number of imidazole rings is 1. The zero-order chi connectivity index (χ0) is 13.9. The molecule has 2 heterocycles. The fourth-order valence-corrected chi connectivity index (χ4v) is 2.98. The zero-order valence-corrected chi connectivity index (χ0v) is 11.9. The molecule has 2 N–H and O–H groups in total. The zero-order valence-electron chi connectivity index (χ0n) is 11.9. The second-order valence-electron chi connectivity index (χ2n) is 5.54. The van der Waals surface area contributed by atoms with Gasteiger partial charge in [-0.05, 0) is 25.5 Å². The summed E-state index contributed by atoms with van der Waals surface area (Å²) in [5.74, 6) is 0. The molecule has 5 nitrogen and oxygen atoms in total. The predicted molar refractivity (Wildman–Crippen MR) is 81.1 cm³/mol. The molecule has 0 spiro atoms. The lowest BCUT2D eigenvalue weighted by atomic mass is 10.2. The highest BCUT2D eigenvalue weighted by molar-refractivity contribution is 5.74. The quantitative estimate of drug-likeness (QED) is 0.875. The van der Waals surface area contributed by atoms with Crippen LogP contribution in [0.2, 0.25) is 0 Å². The first-order chi connectivity index (χ1) is 9.75. The van der Waals surface area contributed by atoms with Gasteiger partial charge in [0.25, 0.3) is 0 Å². The lowest BCUT2D eigenvalue weighted by Crippen LogP contribution is -2.50. The van der Waals surface area contributed by atoms with Gasteiger partial charge in [-0.2, -0.15) is 0 Å². The predicted octanol–water partition coefficient (Wildman–Crippen LogP) is 1.01. The number of H-pyrrole nitrogens is 1. The minimum Gasteiger partial charge on any atom is -0.314 e. The molecule has 2 aromatic rings. The number of aromatic nitrogens is 2. The average molecular weight is 274 g/mol. The molecule has 0 amide bonds. The maximum atomic E-state index is 12.0. The number of hydrogen-bond acceptors (Lipinski definition) is 3. The molecule has 1 aliphatic rings. The van der Waals surface area contributed by atoms with Crippen LogP contribution in [0.15, 0.2) is 29.1 Å². The maximum Gasteiger partial charge on any atom is 0.326 e. The highest BCUT2D eigenvalue weighted by Crippen LogP contribution is 2.10. The van der Waals surface area contributed by atoms with Gasteiger partial charge >= 0.3 is 5.69 Å². The van der Waals surface area contributed by atoms with Crippen molar-refractivity contribution in [2.75, 3.05) is 26.2 Å². The van der Waals surface area contributed by atoms with Crippen molar-refractivity contribution in [2.45, 2.75) is 25.9 Å². The van der Waals surface area contributed by atoms with Crippen LogP contribution in [0, 0.1) is 0 Å². The topological polar surface area (TPSA) is 53.1 Å². The Bertz CT molecular complexity index is 630. The third-order valence-electron chi connectivity index (χ3n) is 4.15. The van der Waals surface area contributed by atoms with Crippen molar-refractivity contribution < 1.29 is 0 Å². The number of piperazine rings is 1. The van der Waals surface area contributed by atoms with Crippen LogP contribution in [0.1, 0.15) is 13.3 Å². The number of para-hydroxylation sites is 2. The molecule has 1 atom stereocenters. The molecule has 1 saturated heterocycles. The van der Waals surface area contributed by atoms with E-state index in [0.717, 1.165) is 50.2 Å². The summed E-state index contributed by atoms with van der Waals surface area (Å²) in [6, 6.07) is 8.46. The van der Waals surface area contributed by atoms with Crippen molar-refractivity contribution in [1.29, 1.82) is 0 Å². The van der Waals surface area contributed by atoms with E-state index in [0.29, 0.717) is 6.04 Å². The summed E-state index contributed by atoms with van der Waals surface area (Å²) in [6.45, 7) is 7.31. The Kier molecular flexibility index (Phi) is 3.89. The maximum absolute atomic E-state index is 12.0. The van der Waals surface area contributed by atoms with Gasteiger partial charge in [0.2, 0.25) is 0 Å². The lowest BCUT2D eigenvalue weighted by Gasteiger charge is -2.33. The Morgan fingerprint density at radius 1 is 1.30 bits per heavy atom. The molecular formula is C15H22N4O. The van der Waals surface area contributed by atoms with Crippen molar-refractivity contribution >= 4 is 11.0 Å². The fourth-order valence-electron chi connectivity index (χ4n) is 2.98. The van der Waals surface area contributed by atoms with E-state index in [2.05, 4.69) is 22.1 Å². The summed E-state index contributed by atoms with van der Waals surface area (Å²) < 4.78 is 1.85. The highest BCUT2D eigenvalue weighted by Gasteiger charge is 2.17. The first-order valence-corrected chi connectivity index (χ1v) is 7.38. The molecule has 108 valence electrons. The molecule has 1 aromatic carbocycles. The summed E-state index contributed by atoms with van der Waals surface area (Å²) in [5, 5.41) is 3.40. The van der Waals surface area contributed by atoms with Crippen LogP contribution in [-0.2, 0) is 6.54 Å². The second kappa shape index (κ2) is 5.81. The number of fused-ring (bicyclic) bond motifs is 1. The SMILES string of the molecule is CC1CNCCN1CCCn1c(=O)[nH]c2ccccc21. The second-order valence-corrected chi connectivity index (χ2v) is 5.54. The Balaban J connectivity index is 1.65. The van der Waals surface area contributed by atoms with Crippen LogP contribution in [-0.4, -0.2) is 46.7 Å². The third kappa shape index (κ3) is 2.64. The van der Waals surface area contributed by atoms with Crippen molar-refractivity contribution in [3.05, 3.63) is 34.7 Å². The van der Waals surface area contributed by atoms with Crippen molar-refractivity contribution in [3.63, 3.8) is 0 Å². The highest BCUT2D eigenvalue weighted by atomic mass is 16.1. The lowest BCUT2D eigenvalue weighted by molar-refractivity contribution is 0.169. The van der Waals surface area contributed by atoms with Gasteiger partial charge in [-0.1, -0.05) is 12.1 Å². The molecule has 3 rings (SSSR count). The molecule has 1 fully saturated rings. The smallest absolute Gasteiger partial charge is 0.314 e. The van der Waals surface area contributed by atoms with E-state index in [1.54, 1.807) is 0 Å². The monoisotopic (exact) mass is 274 g/mol. The summed E-state index contributed by atoms with van der Waals surface area (Å²) in [5.41, 5.74) is 1.93. The summed E-state index contributed by atoms with van der Waals surface area (Å²) in [7, 11) is 0. The first-order valence-electron chi connectivity index (χ1n) is 7.38. The molecule has 0 saturated carbocycles. The van der Waals surface area contributed by atoms with Crippen LogP contribution in [0.5, 0.6) is 0 Å². The van der Waals surface area contributed by atoms with Crippen LogP contribution < -0.4 is 11.0 Å². The summed E-state index contributed by atoms with van der Waals surface area (Å²) >= 11 is 0. The van der Waals surface area contributed by atoms with Gasteiger partial charge in [-0.3, -0.25) is 9.47 Å². The van der Waals surface area contributed by atoms with Gasteiger partial charge in [0, 0.05) is 38.8 Å². The average Bonchev–Trinajstić information content (AvgIpc) is 2.77. The van der Waals surface area contributed by atoms with Crippen molar-refractivity contribution in [1.82, 2.24) is 19.8 Å². The van der Waals surface area contributed by atoms with Crippen LogP contribution in [0.4, 0.5) is 0 Å². The molecule has 1 aromatic heterocycles. The molecule has 20 heavy (non-hydrogen) atoms. The molecule has 0 bridgehead atoms. The van der Waals surface area contributed by atoms with E-state index in [1.807, 2.05) is 28.8 Å². The molecule has 5 heteroatoms. The van der Waals surface area contributed by atoms with Gasteiger partial charge in [0.1, 0.15) is 0 Å². The molecular weight excluding hydrogens is 252 g/mol. The van der Waals surface area contributed by atoms with Gasteiger partial charge in [-0.15, -0.1) is 0 Å². The van der Waals surface area contributed by atoms with Crippen molar-refractivity contribution in [3.8, 4) is 0 Å². The van der Waals surface area contributed by atoms with Gasteiger partial charge in [-0.25, -0.2) is 4.79 Å². The Labute approximate surface area is 118 Å². The summed E-state index contributed by atoms with van der Waals surface area (Å²) in [6.07, 6.45) is 1.01. The minimum atomic E-state index is -0.000408. The van der Waals surface area contributed by atoms with E-state index < -0.39 is 0 Å². The Morgan fingerprint density at radius 2 is 2.15 bits per heavy atom. The molecule has 1 aliphatic heterocycles. The van der Waals surface area contributed by atoms with Crippen LogP contribution in [0.25, 0.3) is 11.0 Å². The summed E-state index contributed by atoms with van der Waals surface area (Å²) in [4.78, 5) is 17.4. The number of nitrogens with zero attached hydrogens (tertiary/aromatic N) is 2. The number of aromatic amines is 1. The van der Waals surface area contributed by atoms with Gasteiger partial charge in [0.15, 0.2) is 0 Å². The number of benzene rings is 1. The van der Waals surface area contributed by atoms with Gasteiger partial charge < -0.3 is 10.3 Å². The van der Waals surface area contributed by atoms with Crippen LogP contribution in [0.3, 0.4) is 0 Å². The Morgan fingerprint density at radius 3 is 3.00 bits per heavy atom. The van der Waals surface area contributed by atoms with E-state index in [4.69, 9.17) is 0 Å². The molecule has 0 radical (unpaired) electrons. The normalized spacial score (nSPS) is 20.6. The number of nitrogens with one attached hydrogen (secondary N) is 2. The molecule has 1 unspecified atom stereocenters. The van der Waals surface area contributed by atoms with Crippen molar-refractivity contribution in [2.24, 2.45) is 0 Å². The van der Waals surface area contributed by atoms with E-state index in [-0.39, 0.29) is 5.69 Å². The third-order valence-corrected chi connectivity index (χ3v) is 4.15.